The van der Waals surface area contributed by atoms with E-state index in [1.165, 1.54) is 0 Å². The SMILES string of the molecule is NS(=O)(=O)c1nc(C(F)F)cc([N+](=O)[O-])c1Br. The standard InChI is InChI=1S/C6H4BrF2N3O4S/c7-4-3(12(13)14)1-2(5(8)9)11-6(4)17(10,15)16/h1,5H,(H2,10,15,16). The van der Waals surface area contributed by atoms with Gasteiger partial charge < -0.3 is 0 Å². The summed E-state index contributed by atoms with van der Waals surface area (Å²) >= 11 is 2.59. The monoisotopic (exact) mass is 331 g/mol. The average molecular weight is 332 g/mol. The maximum atomic E-state index is 12.4. The highest BCUT2D eigenvalue weighted by atomic mass is 79.9. The molecule has 0 atom stereocenters. The van der Waals surface area contributed by atoms with Crippen LogP contribution in [0.5, 0.6) is 0 Å². The molecule has 1 aromatic heterocycles. The van der Waals surface area contributed by atoms with Crippen LogP contribution in [0.4, 0.5) is 14.5 Å². The first kappa shape index (κ1) is 13.9. The van der Waals surface area contributed by atoms with Gasteiger partial charge in [0.15, 0.2) is 5.03 Å². The minimum Gasteiger partial charge on any atom is -0.258 e. The number of halogens is 3. The second kappa shape index (κ2) is 4.58. The number of nitrogens with zero attached hydrogens (tertiary/aromatic N) is 2. The molecule has 0 spiro atoms. The number of hydrogen-bond donors (Lipinski definition) is 1. The van der Waals surface area contributed by atoms with Crippen LogP contribution >= 0.6 is 15.9 Å². The predicted molar refractivity (Wildman–Crippen MR) is 54.9 cm³/mol. The van der Waals surface area contributed by atoms with Crippen molar-refractivity contribution in [3.63, 3.8) is 0 Å². The fourth-order valence-electron chi connectivity index (χ4n) is 0.945. The molecular weight excluding hydrogens is 328 g/mol. The van der Waals surface area contributed by atoms with Gasteiger partial charge in [0, 0.05) is 6.07 Å². The van der Waals surface area contributed by atoms with Crippen LogP contribution in [-0.2, 0) is 10.0 Å². The highest BCUT2D eigenvalue weighted by Crippen LogP contribution is 2.33. The number of pyridine rings is 1. The van der Waals surface area contributed by atoms with Crippen LogP contribution < -0.4 is 5.14 Å². The van der Waals surface area contributed by atoms with Gasteiger partial charge in [0.05, 0.1) is 4.92 Å². The lowest BCUT2D eigenvalue weighted by Gasteiger charge is -2.05. The van der Waals surface area contributed by atoms with Crippen LogP contribution in [0.2, 0.25) is 0 Å². The largest absolute Gasteiger partial charge is 0.288 e. The Kier molecular flexibility index (Phi) is 3.74. The number of hydrogen-bond acceptors (Lipinski definition) is 5. The van der Waals surface area contributed by atoms with Crippen molar-refractivity contribution in [3.05, 3.63) is 26.3 Å². The first-order valence-corrected chi connectivity index (χ1v) is 6.14. The molecule has 0 aromatic carbocycles. The smallest absolute Gasteiger partial charge is 0.258 e. The topological polar surface area (TPSA) is 116 Å². The van der Waals surface area contributed by atoms with Crippen molar-refractivity contribution < 1.29 is 22.1 Å². The maximum Gasteiger partial charge on any atom is 0.288 e. The van der Waals surface area contributed by atoms with Crippen LogP contribution in [0.1, 0.15) is 12.1 Å². The number of aromatic nitrogens is 1. The number of rotatable bonds is 3. The summed E-state index contributed by atoms with van der Waals surface area (Å²) in [5.41, 5.74) is -1.89. The molecule has 0 aliphatic rings. The minimum atomic E-state index is -4.44. The number of sulfonamides is 1. The van der Waals surface area contributed by atoms with E-state index in [-0.39, 0.29) is 0 Å². The summed E-state index contributed by atoms with van der Waals surface area (Å²) < 4.78 is 46.2. The Balaban J connectivity index is 3.67. The van der Waals surface area contributed by atoms with E-state index in [2.05, 4.69) is 20.9 Å². The Labute approximate surface area is 102 Å². The molecule has 0 aliphatic carbocycles. The van der Waals surface area contributed by atoms with Gasteiger partial charge in [0.1, 0.15) is 10.2 Å². The first-order chi connectivity index (χ1) is 7.64. The minimum absolute atomic E-state index is 0.476. The van der Waals surface area contributed by atoms with Crippen LogP contribution in [0, 0.1) is 10.1 Å². The lowest BCUT2D eigenvalue weighted by molar-refractivity contribution is -0.386. The summed E-state index contributed by atoms with van der Waals surface area (Å²) in [6.45, 7) is 0. The highest BCUT2D eigenvalue weighted by molar-refractivity contribution is 9.10. The highest BCUT2D eigenvalue weighted by Gasteiger charge is 2.27. The summed E-state index contributed by atoms with van der Waals surface area (Å²) in [7, 11) is -4.44. The fourth-order valence-corrected chi connectivity index (χ4v) is 2.56. The van der Waals surface area contributed by atoms with Crippen molar-refractivity contribution in [1.82, 2.24) is 4.98 Å². The molecule has 2 N–H and O–H groups in total. The van der Waals surface area contributed by atoms with Crippen LogP contribution in [-0.4, -0.2) is 18.3 Å². The lowest BCUT2D eigenvalue weighted by Crippen LogP contribution is -2.16. The van der Waals surface area contributed by atoms with Gasteiger partial charge in [0.25, 0.3) is 22.1 Å². The quantitative estimate of drug-likeness (QED) is 0.662. The van der Waals surface area contributed by atoms with E-state index in [9.17, 15) is 27.3 Å². The number of nitrogens with two attached hydrogens (primary N) is 1. The molecule has 1 rings (SSSR count). The van der Waals surface area contributed by atoms with Crippen LogP contribution in [0.25, 0.3) is 0 Å². The van der Waals surface area contributed by atoms with Gasteiger partial charge in [-0.25, -0.2) is 27.3 Å². The Morgan fingerprint density at radius 1 is 1.53 bits per heavy atom. The van der Waals surface area contributed by atoms with Gasteiger partial charge in [-0.05, 0) is 15.9 Å². The zero-order valence-electron chi connectivity index (χ0n) is 7.80. The Morgan fingerprint density at radius 3 is 2.41 bits per heavy atom. The third-order valence-corrected chi connectivity index (χ3v) is 3.50. The summed E-state index contributed by atoms with van der Waals surface area (Å²) in [4.78, 5) is 12.6. The molecule has 7 nitrogen and oxygen atoms in total. The molecular formula is C6H4BrF2N3O4S. The molecule has 94 valence electrons. The third kappa shape index (κ3) is 2.92. The number of alkyl halides is 2. The third-order valence-electron chi connectivity index (χ3n) is 1.62. The molecule has 0 radical (unpaired) electrons. The van der Waals surface area contributed by atoms with Crippen molar-refractivity contribution in [2.45, 2.75) is 11.5 Å². The molecule has 0 unspecified atom stereocenters. The van der Waals surface area contributed by atoms with Gasteiger partial charge in [-0.15, -0.1) is 0 Å². The van der Waals surface area contributed by atoms with Crippen LogP contribution in [0.3, 0.4) is 0 Å². The molecule has 0 amide bonds. The predicted octanol–water partition coefficient (Wildman–Crippen LogP) is 1.34. The van der Waals surface area contributed by atoms with Crippen molar-refractivity contribution >= 4 is 31.6 Å². The Morgan fingerprint density at radius 2 is 2.06 bits per heavy atom. The summed E-state index contributed by atoms with van der Waals surface area (Å²) in [5.74, 6) is 0. The van der Waals surface area contributed by atoms with Crippen molar-refractivity contribution in [2.24, 2.45) is 5.14 Å². The zero-order chi connectivity index (χ0) is 13.4. The molecule has 0 saturated heterocycles. The molecule has 0 bridgehead atoms. The van der Waals surface area contributed by atoms with Crippen molar-refractivity contribution in [2.75, 3.05) is 0 Å². The van der Waals surface area contributed by atoms with E-state index in [0.717, 1.165) is 0 Å². The van der Waals surface area contributed by atoms with E-state index in [4.69, 9.17) is 5.14 Å². The van der Waals surface area contributed by atoms with E-state index < -0.39 is 42.3 Å². The Hall–Kier alpha value is -1.20. The normalized spacial score (nSPS) is 11.8. The molecule has 1 heterocycles. The second-order valence-corrected chi connectivity index (χ2v) is 5.06. The molecule has 17 heavy (non-hydrogen) atoms. The van der Waals surface area contributed by atoms with Crippen molar-refractivity contribution in [1.29, 1.82) is 0 Å². The van der Waals surface area contributed by atoms with Crippen LogP contribution in [0.15, 0.2) is 15.6 Å². The summed E-state index contributed by atoms with van der Waals surface area (Å²) in [6.07, 6.45) is -3.15. The van der Waals surface area contributed by atoms with E-state index in [1.807, 2.05) is 0 Å². The fraction of sp³-hybridized carbons (Fsp3) is 0.167. The van der Waals surface area contributed by atoms with Gasteiger partial charge in [-0.1, -0.05) is 0 Å². The number of primary sulfonamides is 1. The van der Waals surface area contributed by atoms with E-state index in [1.54, 1.807) is 0 Å². The van der Waals surface area contributed by atoms with E-state index in [0.29, 0.717) is 6.07 Å². The van der Waals surface area contributed by atoms with Gasteiger partial charge >= 0.3 is 0 Å². The molecule has 0 aliphatic heterocycles. The van der Waals surface area contributed by atoms with Gasteiger partial charge in [-0.2, -0.15) is 0 Å². The zero-order valence-corrected chi connectivity index (χ0v) is 10.2. The second-order valence-electron chi connectivity index (χ2n) is 2.79. The Bertz CT molecular complexity index is 577. The molecule has 11 heteroatoms. The van der Waals surface area contributed by atoms with Crippen molar-refractivity contribution in [3.8, 4) is 0 Å². The first-order valence-electron chi connectivity index (χ1n) is 3.80. The molecule has 0 fully saturated rings. The number of nitro groups is 1. The van der Waals surface area contributed by atoms with Gasteiger partial charge in [-0.3, -0.25) is 10.1 Å². The summed E-state index contributed by atoms with van der Waals surface area (Å²) in [6, 6.07) is 0.476. The molecule has 1 aromatic rings. The van der Waals surface area contributed by atoms with Gasteiger partial charge in [0.2, 0.25) is 0 Å². The van der Waals surface area contributed by atoms with E-state index >= 15 is 0 Å². The maximum absolute atomic E-state index is 12.4. The average Bonchev–Trinajstić information content (AvgIpc) is 2.15. The molecule has 0 saturated carbocycles. The summed E-state index contributed by atoms with van der Waals surface area (Å²) in [5, 5.41) is 14.3. The lowest BCUT2D eigenvalue weighted by atomic mass is 10.3.